The lowest BCUT2D eigenvalue weighted by Crippen LogP contribution is -2.57. The van der Waals surface area contributed by atoms with Crippen LogP contribution in [0.15, 0.2) is 48.5 Å². The normalized spacial score (nSPS) is 16.2. The molecule has 0 unspecified atom stereocenters. The fourth-order valence-corrected chi connectivity index (χ4v) is 6.10. The Kier molecular flexibility index (Phi) is 11.1. The summed E-state index contributed by atoms with van der Waals surface area (Å²) in [5.41, 5.74) is 1.22. The van der Waals surface area contributed by atoms with E-state index in [4.69, 9.17) is 9.47 Å². The molecule has 2 aliphatic rings. The predicted molar refractivity (Wildman–Crippen MR) is 164 cm³/mol. The van der Waals surface area contributed by atoms with E-state index < -0.39 is 5.54 Å². The van der Waals surface area contributed by atoms with Crippen molar-refractivity contribution in [3.63, 3.8) is 0 Å². The van der Waals surface area contributed by atoms with E-state index in [9.17, 15) is 14.4 Å². The third kappa shape index (κ3) is 7.36. The van der Waals surface area contributed by atoms with Gasteiger partial charge in [-0.3, -0.25) is 14.4 Å². The van der Waals surface area contributed by atoms with Crippen molar-refractivity contribution in [1.29, 1.82) is 0 Å². The number of nitrogens with one attached hydrogen (secondary N) is 1. The summed E-state index contributed by atoms with van der Waals surface area (Å²) < 4.78 is 10.7. The number of carbonyl (C=O) groups excluding carboxylic acids is 3. The molecule has 9 heteroatoms. The molecule has 228 valence electrons. The van der Waals surface area contributed by atoms with Crippen LogP contribution in [0.5, 0.6) is 11.5 Å². The van der Waals surface area contributed by atoms with Crippen LogP contribution in [-0.2, 0) is 20.8 Å². The molecule has 0 aromatic heterocycles. The number of para-hydroxylation sites is 1. The fraction of sp³-hybridized carbons (Fsp3) is 0.545. The molecule has 2 fully saturated rings. The minimum absolute atomic E-state index is 0.00371. The summed E-state index contributed by atoms with van der Waals surface area (Å²) in [6.45, 7) is 4.07. The van der Waals surface area contributed by atoms with Gasteiger partial charge < -0.3 is 29.5 Å². The highest BCUT2D eigenvalue weighted by Gasteiger charge is 2.54. The molecule has 0 aliphatic carbocycles. The molecule has 4 rings (SSSR count). The quantitative estimate of drug-likeness (QED) is 0.335. The Morgan fingerprint density at radius 1 is 0.929 bits per heavy atom. The van der Waals surface area contributed by atoms with Crippen molar-refractivity contribution >= 4 is 23.4 Å². The number of unbranched alkanes of at least 4 members (excludes halogenated alkanes) is 4. The van der Waals surface area contributed by atoms with Crippen molar-refractivity contribution in [2.24, 2.45) is 0 Å². The Hall–Kier alpha value is -3.75. The number of benzene rings is 2. The highest BCUT2D eigenvalue weighted by atomic mass is 16.5. The van der Waals surface area contributed by atoms with Crippen LogP contribution in [0.2, 0.25) is 0 Å². The van der Waals surface area contributed by atoms with Crippen molar-refractivity contribution in [3.05, 3.63) is 54.1 Å². The second-order valence-corrected chi connectivity index (χ2v) is 11.3. The van der Waals surface area contributed by atoms with Gasteiger partial charge in [0.25, 0.3) is 5.91 Å². The lowest BCUT2D eigenvalue weighted by atomic mass is 9.85. The van der Waals surface area contributed by atoms with Gasteiger partial charge in [0, 0.05) is 31.7 Å². The summed E-state index contributed by atoms with van der Waals surface area (Å²) in [4.78, 5) is 45.5. The van der Waals surface area contributed by atoms with Gasteiger partial charge in [-0.25, -0.2) is 0 Å². The molecule has 42 heavy (non-hydrogen) atoms. The number of anilines is 1. The molecular formula is C33H46N4O5. The summed E-state index contributed by atoms with van der Waals surface area (Å²) in [5, 5.41) is 2.97. The maximum absolute atomic E-state index is 14.0. The molecule has 1 spiro atoms. The highest BCUT2D eigenvalue weighted by molar-refractivity contribution is 5.96. The van der Waals surface area contributed by atoms with E-state index in [0.717, 1.165) is 24.1 Å². The van der Waals surface area contributed by atoms with Gasteiger partial charge in [-0.2, -0.15) is 0 Å². The number of ether oxygens (including phenoxy) is 2. The Morgan fingerprint density at radius 3 is 2.33 bits per heavy atom. The minimum atomic E-state index is -0.751. The first kappa shape index (κ1) is 31.2. The van der Waals surface area contributed by atoms with E-state index in [2.05, 4.69) is 17.1 Å². The third-order valence-corrected chi connectivity index (χ3v) is 8.54. The van der Waals surface area contributed by atoms with Crippen LogP contribution in [0, 0.1) is 0 Å². The van der Waals surface area contributed by atoms with Crippen molar-refractivity contribution in [1.82, 2.24) is 15.1 Å². The summed E-state index contributed by atoms with van der Waals surface area (Å²) >= 11 is 0. The number of carbonyl (C=O) groups is 3. The zero-order valence-corrected chi connectivity index (χ0v) is 25.4. The highest BCUT2D eigenvalue weighted by Crippen LogP contribution is 2.39. The first-order valence-corrected chi connectivity index (χ1v) is 15.3. The minimum Gasteiger partial charge on any atom is -0.493 e. The molecule has 0 saturated carbocycles. The number of piperidine rings is 1. The van der Waals surface area contributed by atoms with Gasteiger partial charge in [0.2, 0.25) is 11.8 Å². The SMILES string of the molecule is CCCCCCCC(=O)N1CCC2(CC1)C(=O)N(CC(=O)NCCc1ccc(OC)c(OC)c1)CN2c1ccccc1. The standard InChI is InChI=1S/C33H46N4O5/c1-4-5-6-7-11-14-31(39)35-21-18-33(19-22-35)32(40)36(25-37(33)27-12-9-8-10-13-27)24-30(38)34-20-17-26-15-16-28(41-2)29(23-26)42-3/h8-10,12-13,15-16,23H,4-7,11,14,17-22,24-25H2,1-3H3,(H,34,38). The molecule has 9 nitrogen and oxygen atoms in total. The van der Waals surface area contributed by atoms with Crippen LogP contribution in [-0.4, -0.2) is 80.1 Å². The topological polar surface area (TPSA) is 91.4 Å². The van der Waals surface area contributed by atoms with Crippen molar-refractivity contribution in [2.75, 3.05) is 52.0 Å². The molecule has 0 radical (unpaired) electrons. The Morgan fingerprint density at radius 2 is 1.64 bits per heavy atom. The zero-order chi connectivity index (χ0) is 30.0. The van der Waals surface area contributed by atoms with E-state index in [-0.39, 0.29) is 24.3 Å². The van der Waals surface area contributed by atoms with E-state index in [1.54, 1.807) is 19.1 Å². The largest absolute Gasteiger partial charge is 0.493 e. The van der Waals surface area contributed by atoms with Gasteiger partial charge in [0.05, 0.1) is 20.9 Å². The van der Waals surface area contributed by atoms with E-state index in [1.807, 2.05) is 53.4 Å². The average molecular weight is 579 g/mol. The van der Waals surface area contributed by atoms with Crippen molar-refractivity contribution in [3.8, 4) is 11.5 Å². The molecule has 1 N–H and O–H groups in total. The van der Waals surface area contributed by atoms with Crippen LogP contribution in [0.1, 0.15) is 63.9 Å². The van der Waals surface area contributed by atoms with E-state index in [1.165, 1.54) is 19.3 Å². The monoisotopic (exact) mass is 578 g/mol. The van der Waals surface area contributed by atoms with Crippen LogP contribution >= 0.6 is 0 Å². The van der Waals surface area contributed by atoms with Crippen LogP contribution in [0.4, 0.5) is 5.69 Å². The molecule has 2 aliphatic heterocycles. The maximum Gasteiger partial charge on any atom is 0.250 e. The summed E-state index contributed by atoms with van der Waals surface area (Å²) in [6.07, 6.45) is 7.89. The fourth-order valence-electron chi connectivity index (χ4n) is 6.10. The van der Waals surface area contributed by atoms with Crippen LogP contribution in [0.3, 0.4) is 0 Å². The van der Waals surface area contributed by atoms with Gasteiger partial charge >= 0.3 is 0 Å². The Labute approximate surface area is 250 Å². The molecule has 0 atom stereocenters. The lowest BCUT2D eigenvalue weighted by molar-refractivity contribution is -0.140. The Balaban J connectivity index is 1.35. The third-order valence-electron chi connectivity index (χ3n) is 8.54. The molecule has 2 heterocycles. The van der Waals surface area contributed by atoms with Gasteiger partial charge in [0.1, 0.15) is 12.1 Å². The van der Waals surface area contributed by atoms with Gasteiger partial charge in [-0.15, -0.1) is 0 Å². The van der Waals surface area contributed by atoms with Gasteiger partial charge in [-0.05, 0) is 55.5 Å². The Bertz CT molecular complexity index is 1200. The number of hydrogen-bond donors (Lipinski definition) is 1. The zero-order valence-electron chi connectivity index (χ0n) is 25.4. The number of methoxy groups -OCH3 is 2. The number of nitrogens with zero attached hydrogens (tertiary/aromatic N) is 3. The predicted octanol–water partition coefficient (Wildman–Crippen LogP) is 4.39. The molecule has 2 aromatic rings. The van der Waals surface area contributed by atoms with Crippen LogP contribution in [0.25, 0.3) is 0 Å². The molecule has 3 amide bonds. The van der Waals surface area contributed by atoms with Crippen molar-refractivity contribution in [2.45, 2.75) is 70.3 Å². The smallest absolute Gasteiger partial charge is 0.250 e. The average Bonchev–Trinajstić information content (AvgIpc) is 3.27. The van der Waals surface area contributed by atoms with Gasteiger partial charge in [-0.1, -0.05) is 56.9 Å². The summed E-state index contributed by atoms with van der Waals surface area (Å²) in [5.74, 6) is 1.27. The second kappa shape index (κ2) is 14.9. The first-order chi connectivity index (χ1) is 20.4. The molecule has 2 saturated heterocycles. The van der Waals surface area contributed by atoms with Crippen LogP contribution < -0.4 is 19.7 Å². The number of hydrogen-bond acceptors (Lipinski definition) is 6. The summed E-state index contributed by atoms with van der Waals surface area (Å²) in [6, 6.07) is 15.6. The second-order valence-electron chi connectivity index (χ2n) is 11.3. The number of rotatable bonds is 14. The first-order valence-electron chi connectivity index (χ1n) is 15.3. The molecule has 2 aromatic carbocycles. The molecule has 0 bridgehead atoms. The number of likely N-dealkylation sites (tertiary alicyclic amines) is 1. The maximum atomic E-state index is 14.0. The summed E-state index contributed by atoms with van der Waals surface area (Å²) in [7, 11) is 3.19. The van der Waals surface area contributed by atoms with E-state index >= 15 is 0 Å². The lowest BCUT2D eigenvalue weighted by Gasteiger charge is -2.43. The molecular weight excluding hydrogens is 532 g/mol. The van der Waals surface area contributed by atoms with Gasteiger partial charge in [0.15, 0.2) is 11.5 Å². The van der Waals surface area contributed by atoms with E-state index in [0.29, 0.717) is 63.5 Å². The number of amides is 3. The van der Waals surface area contributed by atoms with Crippen molar-refractivity contribution < 1.29 is 23.9 Å².